The number of halogens is 2. The van der Waals surface area contributed by atoms with Crippen molar-refractivity contribution in [2.45, 2.75) is 0 Å². The molecule has 0 aliphatic rings. The number of aromatic nitrogens is 6. The summed E-state index contributed by atoms with van der Waals surface area (Å²) in [6.45, 7) is 0. The van der Waals surface area contributed by atoms with Crippen molar-refractivity contribution in [3.63, 3.8) is 0 Å². The number of rotatable bonds is 2. The number of nitrogens with two attached hydrogens (primary N) is 1. The first kappa shape index (κ1) is 20.5. The summed E-state index contributed by atoms with van der Waals surface area (Å²) < 4.78 is 10.7. The predicted molar refractivity (Wildman–Crippen MR) is 124 cm³/mol. The van der Waals surface area contributed by atoms with E-state index in [1.807, 2.05) is 21.1 Å². The summed E-state index contributed by atoms with van der Waals surface area (Å²) in [7, 11) is 0. The van der Waals surface area contributed by atoms with Crippen molar-refractivity contribution in [3.05, 3.63) is 72.6 Å². The number of imidazole rings is 2. The number of amides is 1. The fourth-order valence-corrected chi connectivity index (χ4v) is 3.70. The number of hydrogen-bond acceptors (Lipinski definition) is 7. The molecule has 5 rings (SSSR count). The maximum absolute atomic E-state index is 11.2. The van der Waals surface area contributed by atoms with Crippen LogP contribution in [-0.2, 0) is 0 Å². The largest absolute Gasteiger partial charge is 0.434 e. The van der Waals surface area contributed by atoms with E-state index in [9.17, 15) is 9.59 Å². The van der Waals surface area contributed by atoms with Gasteiger partial charge in [-0.15, -0.1) is 5.10 Å². The second-order valence-corrected chi connectivity index (χ2v) is 8.05. The van der Waals surface area contributed by atoms with Crippen LogP contribution >= 0.6 is 45.2 Å². The molecule has 0 aliphatic heterocycles. The number of hydrazine groups is 1. The van der Waals surface area contributed by atoms with Crippen molar-refractivity contribution < 1.29 is 9.21 Å². The number of nitrogen functional groups attached to an aromatic ring is 1. The summed E-state index contributed by atoms with van der Waals surface area (Å²) in [5.41, 5.74) is 4.81. The number of H-pyrrole nitrogens is 1. The number of nitrogens with one attached hydrogen (secondary N) is 2. The molecule has 0 saturated heterocycles. The molecule has 0 fully saturated rings. The van der Waals surface area contributed by atoms with E-state index in [1.165, 1.54) is 0 Å². The summed E-state index contributed by atoms with van der Waals surface area (Å²) in [4.78, 5) is 30.4. The van der Waals surface area contributed by atoms with E-state index in [4.69, 9.17) is 10.3 Å². The lowest BCUT2D eigenvalue weighted by molar-refractivity contribution is 0.0953. The molecule has 11 nitrogen and oxygen atoms in total. The first-order chi connectivity index (χ1) is 14.5. The summed E-state index contributed by atoms with van der Waals surface area (Å²) in [6, 6.07) is 7.00. The molecule has 0 bridgehead atoms. The number of nitrogens with zero attached hydrogens (tertiary/aromatic N) is 5. The van der Waals surface area contributed by atoms with Gasteiger partial charge in [0.2, 0.25) is 5.89 Å². The van der Waals surface area contributed by atoms with E-state index in [0.717, 1.165) is 18.7 Å². The SMILES string of the molecule is NNC(=O)c1ccn2c(I)cnc2c1.O=c1[nH]nc(-c2ccn3c(I)cnc3c2)o1. The van der Waals surface area contributed by atoms with Crippen molar-refractivity contribution in [1.29, 1.82) is 0 Å². The zero-order valence-corrected chi connectivity index (χ0v) is 19.2. The van der Waals surface area contributed by atoms with Crippen LogP contribution in [-0.4, -0.2) is 34.9 Å². The highest BCUT2D eigenvalue weighted by Crippen LogP contribution is 2.18. The summed E-state index contributed by atoms with van der Waals surface area (Å²) in [5, 5.41) is 5.98. The molecule has 0 radical (unpaired) electrons. The fourth-order valence-electron chi connectivity index (χ4n) is 2.61. The monoisotopic (exact) mass is 630 g/mol. The van der Waals surface area contributed by atoms with Gasteiger partial charge in [-0.2, -0.15) is 0 Å². The Hall–Kier alpha value is -2.79. The number of carbonyl (C=O) groups excluding carboxylic acids is 1. The van der Waals surface area contributed by atoms with Crippen LogP contribution in [0.25, 0.3) is 22.7 Å². The Labute approximate surface area is 195 Å². The molecule has 0 aromatic carbocycles. The summed E-state index contributed by atoms with van der Waals surface area (Å²) >= 11 is 4.36. The van der Waals surface area contributed by atoms with Gasteiger partial charge in [0.15, 0.2) is 0 Å². The maximum atomic E-state index is 11.2. The van der Waals surface area contributed by atoms with E-state index in [-0.39, 0.29) is 11.8 Å². The Morgan fingerprint density at radius 3 is 2.30 bits per heavy atom. The Bertz CT molecular complexity index is 1420. The minimum Gasteiger partial charge on any atom is -0.388 e. The van der Waals surface area contributed by atoms with Gasteiger partial charge in [-0.05, 0) is 69.4 Å². The number of pyridine rings is 2. The van der Waals surface area contributed by atoms with Gasteiger partial charge < -0.3 is 4.42 Å². The zero-order valence-electron chi connectivity index (χ0n) is 14.9. The predicted octanol–water partition coefficient (Wildman–Crippen LogP) is 1.82. The van der Waals surface area contributed by atoms with Crippen molar-refractivity contribution >= 4 is 62.4 Å². The molecule has 0 spiro atoms. The lowest BCUT2D eigenvalue weighted by Gasteiger charge is -2.00. The van der Waals surface area contributed by atoms with Crippen LogP contribution in [0.1, 0.15) is 10.4 Å². The van der Waals surface area contributed by atoms with Crippen molar-refractivity contribution in [1.82, 2.24) is 34.4 Å². The van der Waals surface area contributed by atoms with Crippen molar-refractivity contribution in [2.24, 2.45) is 5.84 Å². The smallest absolute Gasteiger partial charge is 0.388 e. The van der Waals surface area contributed by atoms with Gasteiger partial charge in [0.05, 0.1) is 12.4 Å². The Morgan fingerprint density at radius 2 is 1.70 bits per heavy atom. The normalized spacial score (nSPS) is 10.8. The minimum absolute atomic E-state index is 0.269. The van der Waals surface area contributed by atoms with Crippen LogP contribution in [0.15, 0.2) is 58.3 Å². The number of fused-ring (bicyclic) bond motifs is 2. The molecule has 5 heterocycles. The number of aromatic amines is 1. The molecule has 152 valence electrons. The van der Waals surface area contributed by atoms with Gasteiger partial charge in [-0.25, -0.2) is 25.7 Å². The van der Waals surface area contributed by atoms with Crippen LogP contribution in [0.4, 0.5) is 0 Å². The zero-order chi connectivity index (χ0) is 21.3. The van der Waals surface area contributed by atoms with Gasteiger partial charge in [0.25, 0.3) is 5.91 Å². The Morgan fingerprint density at radius 1 is 1.07 bits per heavy atom. The van der Waals surface area contributed by atoms with Crippen molar-refractivity contribution in [2.75, 3.05) is 0 Å². The van der Waals surface area contributed by atoms with E-state index in [0.29, 0.717) is 11.1 Å². The van der Waals surface area contributed by atoms with Gasteiger partial charge in [-0.1, -0.05) is 0 Å². The summed E-state index contributed by atoms with van der Waals surface area (Å²) in [6.07, 6.45) is 7.14. The van der Waals surface area contributed by atoms with E-state index >= 15 is 0 Å². The van der Waals surface area contributed by atoms with Gasteiger partial charge in [-0.3, -0.25) is 19.0 Å². The summed E-state index contributed by atoms with van der Waals surface area (Å²) in [5.74, 6) is 4.42. The first-order valence-corrected chi connectivity index (χ1v) is 10.4. The maximum Gasteiger partial charge on any atom is 0.434 e. The molecule has 0 saturated carbocycles. The lowest BCUT2D eigenvalue weighted by Crippen LogP contribution is -2.29. The molecule has 0 aliphatic carbocycles. The number of hydrogen-bond donors (Lipinski definition) is 3. The van der Waals surface area contributed by atoms with E-state index < -0.39 is 5.76 Å². The third-order valence-electron chi connectivity index (χ3n) is 4.01. The highest BCUT2D eigenvalue weighted by molar-refractivity contribution is 14.1. The van der Waals surface area contributed by atoms with Crippen LogP contribution in [0, 0.1) is 7.40 Å². The van der Waals surface area contributed by atoms with Gasteiger partial charge in [0.1, 0.15) is 18.7 Å². The average Bonchev–Trinajstić information content (AvgIpc) is 3.47. The van der Waals surface area contributed by atoms with Crippen LogP contribution in [0.2, 0.25) is 0 Å². The minimum atomic E-state index is -0.562. The molecule has 4 N–H and O–H groups in total. The molecular formula is C17H12I2N8O3. The number of carbonyl (C=O) groups is 1. The van der Waals surface area contributed by atoms with E-state index in [1.54, 1.807) is 36.8 Å². The fraction of sp³-hybridized carbons (Fsp3) is 0. The quantitative estimate of drug-likeness (QED) is 0.117. The molecule has 0 atom stereocenters. The van der Waals surface area contributed by atoms with Crippen LogP contribution < -0.4 is 17.0 Å². The van der Waals surface area contributed by atoms with E-state index in [2.05, 4.69) is 70.8 Å². The van der Waals surface area contributed by atoms with Crippen molar-refractivity contribution in [3.8, 4) is 11.5 Å². The Kier molecular flexibility index (Phi) is 5.82. The standard InChI is InChI=1S/C9H5IN4O2.C8H7IN4O/c10-6-4-11-7-3-5(1-2-14(6)7)8-12-13-9(15)16-8;9-6-4-11-7-3-5(8(14)12-10)1-2-13(6)7/h1-4H,(H,13,15);1-4H,10H2,(H,12,14). The van der Waals surface area contributed by atoms with Crippen LogP contribution in [0.3, 0.4) is 0 Å². The molecule has 30 heavy (non-hydrogen) atoms. The molecule has 13 heteroatoms. The molecule has 0 unspecified atom stereocenters. The lowest BCUT2D eigenvalue weighted by atomic mass is 10.2. The molecule has 5 aromatic rings. The highest BCUT2D eigenvalue weighted by Gasteiger charge is 2.08. The molecule has 5 aromatic heterocycles. The third kappa shape index (κ3) is 4.08. The second kappa shape index (κ2) is 8.52. The third-order valence-corrected chi connectivity index (χ3v) is 5.61. The average molecular weight is 630 g/mol. The Balaban J connectivity index is 0.000000147. The highest BCUT2D eigenvalue weighted by atomic mass is 127. The first-order valence-electron chi connectivity index (χ1n) is 8.28. The topological polar surface area (TPSA) is 149 Å². The van der Waals surface area contributed by atoms with Crippen LogP contribution in [0.5, 0.6) is 0 Å². The second-order valence-electron chi connectivity index (χ2n) is 5.84. The molecule has 1 amide bonds. The van der Waals surface area contributed by atoms with Gasteiger partial charge in [0, 0.05) is 23.5 Å². The molecular weight excluding hydrogens is 618 g/mol. The van der Waals surface area contributed by atoms with Gasteiger partial charge >= 0.3 is 5.76 Å².